The zero-order valence-corrected chi connectivity index (χ0v) is 18.4. The van der Waals surface area contributed by atoms with Crippen molar-refractivity contribution in [3.63, 3.8) is 0 Å². The molecule has 0 fully saturated rings. The number of methoxy groups -OCH3 is 1. The summed E-state index contributed by atoms with van der Waals surface area (Å²) in [7, 11) is 1.40. The summed E-state index contributed by atoms with van der Waals surface area (Å²) in [6.45, 7) is 1.91. The van der Waals surface area contributed by atoms with Crippen molar-refractivity contribution in [3.05, 3.63) is 99.5 Å². The maximum atomic E-state index is 13.5. The molecule has 0 aliphatic carbocycles. The summed E-state index contributed by atoms with van der Waals surface area (Å²) in [6, 6.07) is 15.5. The first-order valence-corrected chi connectivity index (χ1v) is 10.2. The number of esters is 2. The second-order valence-electron chi connectivity index (χ2n) is 7.14. The Morgan fingerprint density at radius 3 is 2.58 bits per heavy atom. The van der Waals surface area contributed by atoms with Crippen molar-refractivity contribution >= 4 is 35.5 Å². The van der Waals surface area contributed by atoms with E-state index < -0.39 is 17.8 Å². The lowest BCUT2D eigenvalue weighted by molar-refractivity contribution is -0.129. The molecule has 0 saturated heterocycles. The zero-order chi connectivity index (χ0) is 23.5. The Labute approximate surface area is 193 Å². The van der Waals surface area contributed by atoms with E-state index in [4.69, 9.17) is 25.8 Å². The number of aryl methyl sites for hydroxylation is 1. The molecule has 1 aliphatic rings. The van der Waals surface area contributed by atoms with Crippen LogP contribution < -0.4 is 9.47 Å². The second-order valence-corrected chi connectivity index (χ2v) is 7.54. The third-order valence-electron chi connectivity index (χ3n) is 4.73. The SMILES string of the molecule is COc1cc(/C=C2\N=C(c3cccc(F)c3)OC2=O)cc(Cl)c1OC(=O)c1ccc(C)cc1. The Morgan fingerprint density at radius 2 is 1.88 bits per heavy atom. The Bertz CT molecular complexity index is 1310. The van der Waals surface area contributed by atoms with E-state index in [1.165, 1.54) is 37.5 Å². The lowest BCUT2D eigenvalue weighted by Crippen LogP contribution is -2.09. The lowest BCUT2D eigenvalue weighted by atomic mass is 10.1. The van der Waals surface area contributed by atoms with Crippen molar-refractivity contribution in [2.24, 2.45) is 4.99 Å². The van der Waals surface area contributed by atoms with Gasteiger partial charge in [0.1, 0.15) is 5.82 Å². The number of cyclic esters (lactones) is 1. The fraction of sp³-hybridized carbons (Fsp3) is 0.0800. The van der Waals surface area contributed by atoms with Gasteiger partial charge in [0.15, 0.2) is 17.2 Å². The highest BCUT2D eigenvalue weighted by Gasteiger charge is 2.25. The predicted octanol–water partition coefficient (Wildman–Crippen LogP) is 5.36. The van der Waals surface area contributed by atoms with Crippen LogP contribution in [0.1, 0.15) is 27.0 Å². The molecule has 0 spiro atoms. The molecule has 0 amide bonds. The molecule has 8 heteroatoms. The van der Waals surface area contributed by atoms with Crippen LogP contribution in [0.5, 0.6) is 11.5 Å². The molecule has 6 nitrogen and oxygen atoms in total. The second kappa shape index (κ2) is 9.26. The molecule has 1 aliphatic heterocycles. The first-order valence-electron chi connectivity index (χ1n) is 9.79. The molecular weight excluding hydrogens is 449 g/mol. The maximum Gasteiger partial charge on any atom is 0.363 e. The quantitative estimate of drug-likeness (QED) is 0.288. The average molecular weight is 466 g/mol. The van der Waals surface area contributed by atoms with Crippen LogP contribution in [0.25, 0.3) is 6.08 Å². The van der Waals surface area contributed by atoms with Gasteiger partial charge in [0.05, 0.1) is 17.7 Å². The lowest BCUT2D eigenvalue weighted by Gasteiger charge is -2.12. The average Bonchev–Trinajstić information content (AvgIpc) is 3.16. The summed E-state index contributed by atoms with van der Waals surface area (Å²) in [5.41, 5.74) is 2.16. The maximum absolute atomic E-state index is 13.5. The first kappa shape index (κ1) is 22.2. The van der Waals surface area contributed by atoms with Crippen LogP contribution in [0.4, 0.5) is 4.39 Å². The standard InChI is InChI=1S/C25H17ClFNO5/c1-14-6-8-16(9-7-14)24(29)32-22-19(26)10-15(12-21(22)31-2)11-20-25(30)33-23(28-20)17-4-3-5-18(27)13-17/h3-13H,1-2H3/b20-11-. The molecule has 0 N–H and O–H groups in total. The minimum Gasteiger partial charge on any atom is -0.493 e. The van der Waals surface area contributed by atoms with E-state index in [0.717, 1.165) is 5.56 Å². The van der Waals surface area contributed by atoms with Crippen molar-refractivity contribution in [1.29, 1.82) is 0 Å². The first-order chi connectivity index (χ1) is 15.8. The molecule has 33 heavy (non-hydrogen) atoms. The summed E-state index contributed by atoms with van der Waals surface area (Å²) in [5.74, 6) is -1.53. The summed E-state index contributed by atoms with van der Waals surface area (Å²) in [4.78, 5) is 28.9. The van der Waals surface area contributed by atoms with Gasteiger partial charge in [-0.15, -0.1) is 0 Å². The third-order valence-corrected chi connectivity index (χ3v) is 5.01. The van der Waals surface area contributed by atoms with E-state index in [2.05, 4.69) is 4.99 Å². The van der Waals surface area contributed by atoms with Crippen molar-refractivity contribution in [3.8, 4) is 11.5 Å². The highest BCUT2D eigenvalue weighted by molar-refractivity contribution is 6.32. The molecule has 166 valence electrons. The van der Waals surface area contributed by atoms with Gasteiger partial charge in [0.25, 0.3) is 0 Å². The van der Waals surface area contributed by atoms with Crippen LogP contribution in [-0.4, -0.2) is 24.9 Å². The highest BCUT2D eigenvalue weighted by atomic mass is 35.5. The number of carbonyl (C=O) groups excluding carboxylic acids is 2. The number of halogens is 2. The van der Waals surface area contributed by atoms with Gasteiger partial charge in [0, 0.05) is 5.56 Å². The molecule has 4 rings (SSSR count). The summed E-state index contributed by atoms with van der Waals surface area (Å²) in [6.07, 6.45) is 1.44. The Balaban J connectivity index is 1.62. The molecule has 0 bridgehead atoms. The van der Waals surface area contributed by atoms with Crippen LogP contribution in [0, 0.1) is 12.7 Å². The van der Waals surface area contributed by atoms with Crippen LogP contribution in [0.3, 0.4) is 0 Å². The molecule has 3 aromatic carbocycles. The van der Waals surface area contributed by atoms with Crippen molar-refractivity contribution in [2.75, 3.05) is 7.11 Å². The molecular formula is C25H17ClFNO5. The molecule has 0 atom stereocenters. The van der Waals surface area contributed by atoms with E-state index in [-0.39, 0.29) is 28.1 Å². The monoisotopic (exact) mass is 465 g/mol. The number of nitrogens with zero attached hydrogens (tertiary/aromatic N) is 1. The van der Waals surface area contributed by atoms with Gasteiger partial charge in [-0.3, -0.25) is 0 Å². The predicted molar refractivity (Wildman–Crippen MR) is 121 cm³/mol. The molecule has 3 aromatic rings. The van der Waals surface area contributed by atoms with Gasteiger partial charge in [-0.25, -0.2) is 19.0 Å². The number of aliphatic imine (C=N–C) groups is 1. The number of benzene rings is 3. The smallest absolute Gasteiger partial charge is 0.363 e. The largest absolute Gasteiger partial charge is 0.493 e. The fourth-order valence-electron chi connectivity index (χ4n) is 3.08. The van der Waals surface area contributed by atoms with Crippen LogP contribution in [-0.2, 0) is 9.53 Å². The van der Waals surface area contributed by atoms with Crippen molar-refractivity contribution in [2.45, 2.75) is 6.92 Å². The normalized spacial score (nSPS) is 14.1. The summed E-state index contributed by atoms with van der Waals surface area (Å²) < 4.78 is 29.4. The summed E-state index contributed by atoms with van der Waals surface area (Å²) in [5, 5.41) is 0.0994. The van der Waals surface area contributed by atoms with Gasteiger partial charge >= 0.3 is 11.9 Å². The van der Waals surface area contributed by atoms with Crippen LogP contribution >= 0.6 is 11.6 Å². The van der Waals surface area contributed by atoms with Gasteiger partial charge in [-0.05, 0) is 61.0 Å². The Hall–Kier alpha value is -3.97. The number of ether oxygens (including phenoxy) is 3. The number of hydrogen-bond acceptors (Lipinski definition) is 6. The number of rotatable bonds is 5. The molecule has 0 unspecified atom stereocenters. The van der Waals surface area contributed by atoms with Crippen molar-refractivity contribution in [1.82, 2.24) is 0 Å². The van der Waals surface area contributed by atoms with E-state index in [0.29, 0.717) is 16.7 Å². The third kappa shape index (κ3) is 4.94. The summed E-state index contributed by atoms with van der Waals surface area (Å²) >= 11 is 6.35. The minimum atomic E-state index is -0.695. The minimum absolute atomic E-state index is 0.00298. The fourth-order valence-corrected chi connectivity index (χ4v) is 3.33. The van der Waals surface area contributed by atoms with Gasteiger partial charge in [-0.2, -0.15) is 0 Å². The Kier molecular flexibility index (Phi) is 6.24. The molecule has 0 aromatic heterocycles. The Morgan fingerprint density at radius 1 is 1.12 bits per heavy atom. The number of hydrogen-bond donors (Lipinski definition) is 0. The zero-order valence-electron chi connectivity index (χ0n) is 17.6. The topological polar surface area (TPSA) is 74.2 Å². The van der Waals surface area contributed by atoms with Crippen LogP contribution in [0.2, 0.25) is 5.02 Å². The molecule has 1 heterocycles. The van der Waals surface area contributed by atoms with Gasteiger partial charge in [0.2, 0.25) is 5.90 Å². The van der Waals surface area contributed by atoms with Crippen LogP contribution in [0.15, 0.2) is 71.4 Å². The van der Waals surface area contributed by atoms with E-state index in [9.17, 15) is 14.0 Å². The van der Waals surface area contributed by atoms with Gasteiger partial charge < -0.3 is 14.2 Å². The van der Waals surface area contributed by atoms with E-state index >= 15 is 0 Å². The molecule has 0 radical (unpaired) electrons. The van der Waals surface area contributed by atoms with E-state index in [1.54, 1.807) is 36.4 Å². The number of carbonyl (C=O) groups is 2. The van der Waals surface area contributed by atoms with Crippen molar-refractivity contribution < 1.29 is 28.2 Å². The van der Waals surface area contributed by atoms with E-state index in [1.807, 2.05) is 6.92 Å². The highest BCUT2D eigenvalue weighted by Crippen LogP contribution is 2.38. The molecule has 0 saturated carbocycles. The van der Waals surface area contributed by atoms with Gasteiger partial charge in [-0.1, -0.05) is 35.4 Å².